The van der Waals surface area contributed by atoms with Gasteiger partial charge in [0, 0.05) is 20.1 Å². The Bertz CT molecular complexity index is 479. The second-order valence-electron chi connectivity index (χ2n) is 6.07. The molecule has 1 amide bonds. The van der Waals surface area contributed by atoms with Crippen molar-refractivity contribution in [2.24, 2.45) is 11.3 Å². The lowest BCUT2D eigenvalue weighted by atomic mass is 9.75. The maximum atomic E-state index is 12.8. The zero-order valence-corrected chi connectivity index (χ0v) is 12.5. The minimum Gasteiger partial charge on any atom is -0.508 e. The van der Waals surface area contributed by atoms with Gasteiger partial charge in [-0.2, -0.15) is 0 Å². The van der Waals surface area contributed by atoms with Gasteiger partial charge in [-0.05, 0) is 36.6 Å². The molecule has 20 heavy (non-hydrogen) atoms. The number of benzene rings is 1. The molecular formula is C16H24N2O2. The van der Waals surface area contributed by atoms with E-state index in [0.717, 1.165) is 25.1 Å². The third-order valence-corrected chi connectivity index (χ3v) is 4.40. The van der Waals surface area contributed by atoms with Crippen LogP contribution in [0.5, 0.6) is 5.75 Å². The SMILES string of the molecule is CC(C)C1(C(=O)N(C)Cc2cccc(O)c2)CCNC1. The smallest absolute Gasteiger partial charge is 0.230 e. The zero-order chi connectivity index (χ0) is 14.8. The number of rotatable bonds is 4. The summed E-state index contributed by atoms with van der Waals surface area (Å²) in [5.74, 6) is 0.752. The second-order valence-corrected chi connectivity index (χ2v) is 6.07. The molecule has 0 aliphatic carbocycles. The van der Waals surface area contributed by atoms with Gasteiger partial charge in [-0.15, -0.1) is 0 Å². The Labute approximate surface area is 120 Å². The van der Waals surface area contributed by atoms with E-state index < -0.39 is 0 Å². The number of amides is 1. The summed E-state index contributed by atoms with van der Waals surface area (Å²) in [5, 5.41) is 12.8. The van der Waals surface area contributed by atoms with Gasteiger partial charge in [-0.25, -0.2) is 0 Å². The van der Waals surface area contributed by atoms with E-state index in [1.165, 1.54) is 0 Å². The highest BCUT2D eigenvalue weighted by atomic mass is 16.3. The van der Waals surface area contributed by atoms with Crippen molar-refractivity contribution in [1.82, 2.24) is 10.2 Å². The molecule has 110 valence electrons. The summed E-state index contributed by atoms with van der Waals surface area (Å²) in [6, 6.07) is 7.08. The molecule has 2 rings (SSSR count). The normalized spacial score (nSPS) is 22.2. The molecule has 1 unspecified atom stereocenters. The van der Waals surface area contributed by atoms with Crippen molar-refractivity contribution in [3.63, 3.8) is 0 Å². The van der Waals surface area contributed by atoms with E-state index in [9.17, 15) is 9.90 Å². The number of aromatic hydroxyl groups is 1. The number of hydrogen-bond acceptors (Lipinski definition) is 3. The predicted octanol–water partition coefficient (Wildman–Crippen LogP) is 1.99. The zero-order valence-electron chi connectivity index (χ0n) is 12.5. The second kappa shape index (κ2) is 5.83. The summed E-state index contributed by atoms with van der Waals surface area (Å²) in [5.41, 5.74) is 0.664. The molecule has 1 saturated heterocycles. The topological polar surface area (TPSA) is 52.6 Å². The Hall–Kier alpha value is -1.55. The molecule has 2 N–H and O–H groups in total. The summed E-state index contributed by atoms with van der Waals surface area (Å²) in [4.78, 5) is 14.6. The summed E-state index contributed by atoms with van der Waals surface area (Å²) in [7, 11) is 1.84. The van der Waals surface area contributed by atoms with Crippen molar-refractivity contribution in [1.29, 1.82) is 0 Å². The van der Waals surface area contributed by atoms with Gasteiger partial charge in [0.2, 0.25) is 5.91 Å². The molecule has 1 heterocycles. The summed E-state index contributed by atoms with van der Waals surface area (Å²) in [6.07, 6.45) is 0.897. The van der Waals surface area contributed by atoms with Crippen molar-refractivity contribution in [2.75, 3.05) is 20.1 Å². The fourth-order valence-corrected chi connectivity index (χ4v) is 3.01. The van der Waals surface area contributed by atoms with Crippen LogP contribution in [0.4, 0.5) is 0 Å². The first kappa shape index (κ1) is 14.9. The van der Waals surface area contributed by atoms with E-state index in [2.05, 4.69) is 19.2 Å². The molecule has 1 aliphatic heterocycles. The number of nitrogens with zero attached hydrogens (tertiary/aromatic N) is 1. The number of phenolic OH excluding ortho intramolecular Hbond substituents is 1. The van der Waals surface area contributed by atoms with Crippen LogP contribution >= 0.6 is 0 Å². The minimum atomic E-state index is -0.286. The van der Waals surface area contributed by atoms with Crippen LogP contribution in [-0.4, -0.2) is 36.1 Å². The van der Waals surface area contributed by atoms with Gasteiger partial charge in [-0.3, -0.25) is 4.79 Å². The lowest BCUT2D eigenvalue weighted by Crippen LogP contribution is -2.46. The largest absolute Gasteiger partial charge is 0.508 e. The molecule has 1 atom stereocenters. The fraction of sp³-hybridized carbons (Fsp3) is 0.562. The molecular weight excluding hydrogens is 252 g/mol. The molecule has 1 aromatic carbocycles. The van der Waals surface area contributed by atoms with Crippen LogP contribution < -0.4 is 5.32 Å². The average molecular weight is 276 g/mol. The Morgan fingerprint density at radius 2 is 2.25 bits per heavy atom. The Kier molecular flexibility index (Phi) is 4.33. The monoisotopic (exact) mass is 276 g/mol. The van der Waals surface area contributed by atoms with E-state index in [-0.39, 0.29) is 17.1 Å². The maximum absolute atomic E-state index is 12.8. The first-order valence-corrected chi connectivity index (χ1v) is 7.20. The van der Waals surface area contributed by atoms with Crippen molar-refractivity contribution in [2.45, 2.75) is 26.8 Å². The van der Waals surface area contributed by atoms with Crippen LogP contribution in [0.2, 0.25) is 0 Å². The van der Waals surface area contributed by atoms with Gasteiger partial charge >= 0.3 is 0 Å². The van der Waals surface area contributed by atoms with Gasteiger partial charge in [0.1, 0.15) is 5.75 Å². The number of carbonyl (C=O) groups is 1. The minimum absolute atomic E-state index is 0.195. The highest BCUT2D eigenvalue weighted by Crippen LogP contribution is 2.36. The van der Waals surface area contributed by atoms with Crippen molar-refractivity contribution in [3.8, 4) is 5.75 Å². The molecule has 1 fully saturated rings. The highest BCUT2D eigenvalue weighted by molar-refractivity contribution is 5.83. The highest BCUT2D eigenvalue weighted by Gasteiger charge is 2.45. The Morgan fingerprint density at radius 1 is 1.50 bits per heavy atom. The van der Waals surface area contributed by atoms with E-state index in [1.807, 2.05) is 13.1 Å². The quantitative estimate of drug-likeness (QED) is 0.884. The standard InChI is InChI=1S/C16H24N2O2/c1-12(2)16(7-8-17-11-16)15(20)18(3)10-13-5-4-6-14(19)9-13/h4-6,9,12,17,19H,7-8,10-11H2,1-3H3. The van der Waals surface area contributed by atoms with E-state index in [0.29, 0.717) is 12.5 Å². The van der Waals surface area contributed by atoms with Crippen LogP contribution in [0.15, 0.2) is 24.3 Å². The maximum Gasteiger partial charge on any atom is 0.230 e. The third kappa shape index (κ3) is 2.80. The number of phenols is 1. The predicted molar refractivity (Wildman–Crippen MR) is 79.3 cm³/mol. The third-order valence-electron chi connectivity index (χ3n) is 4.40. The first-order valence-electron chi connectivity index (χ1n) is 7.20. The Balaban J connectivity index is 2.12. The van der Waals surface area contributed by atoms with Crippen molar-refractivity contribution < 1.29 is 9.90 Å². The molecule has 0 spiro atoms. The molecule has 4 nitrogen and oxygen atoms in total. The molecule has 0 aromatic heterocycles. The van der Waals surface area contributed by atoms with Crippen LogP contribution in [0.25, 0.3) is 0 Å². The van der Waals surface area contributed by atoms with Crippen LogP contribution in [0.3, 0.4) is 0 Å². The van der Waals surface area contributed by atoms with E-state index in [4.69, 9.17) is 0 Å². The van der Waals surface area contributed by atoms with Gasteiger partial charge in [0.25, 0.3) is 0 Å². The average Bonchev–Trinajstić information content (AvgIpc) is 2.88. The van der Waals surface area contributed by atoms with Crippen LogP contribution in [0.1, 0.15) is 25.8 Å². The van der Waals surface area contributed by atoms with Crippen LogP contribution in [-0.2, 0) is 11.3 Å². The van der Waals surface area contributed by atoms with Gasteiger partial charge in [-0.1, -0.05) is 26.0 Å². The molecule has 0 bridgehead atoms. The van der Waals surface area contributed by atoms with E-state index >= 15 is 0 Å². The first-order chi connectivity index (χ1) is 9.45. The Morgan fingerprint density at radius 3 is 2.80 bits per heavy atom. The lowest BCUT2D eigenvalue weighted by Gasteiger charge is -2.35. The van der Waals surface area contributed by atoms with E-state index in [1.54, 1.807) is 23.1 Å². The summed E-state index contributed by atoms with van der Waals surface area (Å²) in [6.45, 7) is 6.43. The fourth-order valence-electron chi connectivity index (χ4n) is 3.01. The van der Waals surface area contributed by atoms with Gasteiger partial charge in [0.05, 0.1) is 5.41 Å². The number of hydrogen-bond donors (Lipinski definition) is 2. The number of carbonyl (C=O) groups excluding carboxylic acids is 1. The molecule has 0 saturated carbocycles. The van der Waals surface area contributed by atoms with Crippen molar-refractivity contribution >= 4 is 5.91 Å². The summed E-state index contributed by atoms with van der Waals surface area (Å²) < 4.78 is 0. The summed E-state index contributed by atoms with van der Waals surface area (Å²) >= 11 is 0. The molecule has 1 aliphatic rings. The van der Waals surface area contributed by atoms with Crippen molar-refractivity contribution in [3.05, 3.63) is 29.8 Å². The number of nitrogens with one attached hydrogen (secondary N) is 1. The molecule has 4 heteroatoms. The lowest BCUT2D eigenvalue weighted by molar-refractivity contribution is -0.142. The van der Waals surface area contributed by atoms with Gasteiger partial charge < -0.3 is 15.3 Å². The molecule has 1 aromatic rings. The molecule has 0 radical (unpaired) electrons. The van der Waals surface area contributed by atoms with Crippen LogP contribution in [0, 0.1) is 11.3 Å². The van der Waals surface area contributed by atoms with Gasteiger partial charge in [0.15, 0.2) is 0 Å².